The zero-order chi connectivity index (χ0) is 25.8. The van der Waals surface area contributed by atoms with Crippen molar-refractivity contribution in [2.75, 3.05) is 51.2 Å². The first-order chi connectivity index (χ1) is 16.8. The van der Waals surface area contributed by atoms with Crippen LogP contribution in [0.3, 0.4) is 0 Å². The van der Waals surface area contributed by atoms with E-state index in [-0.39, 0.29) is 44.2 Å². The number of aromatic nitrogens is 2. The molecule has 0 aliphatic carbocycles. The van der Waals surface area contributed by atoms with Gasteiger partial charge in [-0.1, -0.05) is 13.3 Å². The minimum atomic E-state index is -0.816. The number of anilines is 2. The molecule has 3 N–H and O–H groups in total. The predicted molar refractivity (Wildman–Crippen MR) is 129 cm³/mol. The van der Waals surface area contributed by atoms with Gasteiger partial charge in [0.05, 0.1) is 26.7 Å². The quantitative estimate of drug-likeness (QED) is 0.366. The van der Waals surface area contributed by atoms with Crippen molar-refractivity contribution in [3.05, 3.63) is 45.1 Å². The molecule has 0 fully saturated rings. The zero-order valence-electron chi connectivity index (χ0n) is 20.2. The molecule has 1 aromatic heterocycles. The van der Waals surface area contributed by atoms with Gasteiger partial charge < -0.3 is 24.7 Å². The first-order valence-corrected chi connectivity index (χ1v) is 11.2. The van der Waals surface area contributed by atoms with Gasteiger partial charge in [0.1, 0.15) is 17.3 Å². The number of esters is 1. The van der Waals surface area contributed by atoms with Gasteiger partial charge in [0.15, 0.2) is 12.3 Å². The molecule has 12 heteroatoms. The lowest BCUT2D eigenvalue weighted by Gasteiger charge is -2.24. The van der Waals surface area contributed by atoms with E-state index in [2.05, 4.69) is 4.98 Å². The Morgan fingerprint density at radius 2 is 1.77 bits per heavy atom. The molecule has 0 unspecified atom stereocenters. The predicted octanol–water partition coefficient (Wildman–Crippen LogP) is 0.919. The van der Waals surface area contributed by atoms with Gasteiger partial charge in [0.25, 0.3) is 11.5 Å². The zero-order valence-corrected chi connectivity index (χ0v) is 20.2. The third-order valence-corrected chi connectivity index (χ3v) is 5.03. The summed E-state index contributed by atoms with van der Waals surface area (Å²) in [5, 5.41) is 0. The van der Waals surface area contributed by atoms with Gasteiger partial charge in [-0.05, 0) is 30.7 Å². The molecule has 12 nitrogen and oxygen atoms in total. The Hall–Kier alpha value is -3.80. The van der Waals surface area contributed by atoms with Crippen LogP contribution in [0.2, 0.25) is 0 Å². The van der Waals surface area contributed by atoms with Gasteiger partial charge in [-0.25, -0.2) is 4.79 Å². The number of benzene rings is 1. The number of hydrogen-bond donors (Lipinski definition) is 2. The number of carbonyl (C=O) groups is 2. The van der Waals surface area contributed by atoms with Crippen LogP contribution >= 0.6 is 0 Å². The summed E-state index contributed by atoms with van der Waals surface area (Å²) in [4.78, 5) is 53.0. The van der Waals surface area contributed by atoms with Crippen LogP contribution in [0, 0.1) is 0 Å². The molecule has 2 rings (SSSR count). The van der Waals surface area contributed by atoms with Gasteiger partial charge in [0.2, 0.25) is 0 Å². The SMILES string of the molecule is CCCCn1c(N)c(N(CCOC)C(=O)COC(=O)CCOc2ccc(OC)cc2)c(=O)[nH]c1=O. The fraction of sp³-hybridized carbons (Fsp3) is 0.478. The van der Waals surface area contributed by atoms with E-state index in [0.29, 0.717) is 17.9 Å². The molecular weight excluding hydrogens is 460 g/mol. The van der Waals surface area contributed by atoms with E-state index in [4.69, 9.17) is 24.7 Å². The molecule has 0 bridgehead atoms. The summed E-state index contributed by atoms with van der Waals surface area (Å²) in [6.07, 6.45) is 1.35. The topological polar surface area (TPSA) is 155 Å². The number of carbonyl (C=O) groups excluding carboxylic acids is 2. The highest BCUT2D eigenvalue weighted by molar-refractivity contribution is 5.97. The molecular formula is C23H32N4O8. The van der Waals surface area contributed by atoms with Crippen molar-refractivity contribution >= 4 is 23.4 Å². The van der Waals surface area contributed by atoms with Gasteiger partial charge >= 0.3 is 11.7 Å². The van der Waals surface area contributed by atoms with Gasteiger partial charge in [0, 0.05) is 20.2 Å². The minimum absolute atomic E-state index is 0.0350. The van der Waals surface area contributed by atoms with Crippen LogP contribution in [0.4, 0.5) is 11.5 Å². The molecule has 0 saturated carbocycles. The van der Waals surface area contributed by atoms with Gasteiger partial charge in [-0.2, -0.15) is 0 Å². The van der Waals surface area contributed by atoms with Crippen LogP contribution in [0.25, 0.3) is 0 Å². The second-order valence-corrected chi connectivity index (χ2v) is 7.47. The average molecular weight is 493 g/mol. The van der Waals surface area contributed by atoms with Crippen molar-refractivity contribution < 1.29 is 28.5 Å². The molecule has 1 heterocycles. The fourth-order valence-electron chi connectivity index (χ4n) is 3.14. The number of nitrogens with two attached hydrogens (primary N) is 1. The lowest BCUT2D eigenvalue weighted by atomic mass is 10.3. The molecule has 0 radical (unpaired) electrons. The molecule has 1 aromatic carbocycles. The van der Waals surface area contributed by atoms with Crippen LogP contribution in [0.1, 0.15) is 26.2 Å². The van der Waals surface area contributed by atoms with E-state index in [0.717, 1.165) is 11.3 Å². The Morgan fingerprint density at radius 1 is 1.09 bits per heavy atom. The summed E-state index contributed by atoms with van der Waals surface area (Å²) in [6, 6.07) is 6.84. The summed E-state index contributed by atoms with van der Waals surface area (Å²) >= 11 is 0. The summed E-state index contributed by atoms with van der Waals surface area (Å²) in [7, 11) is 2.98. The third kappa shape index (κ3) is 7.88. The second-order valence-electron chi connectivity index (χ2n) is 7.47. The van der Waals surface area contributed by atoms with E-state index in [9.17, 15) is 19.2 Å². The molecule has 2 aromatic rings. The highest BCUT2D eigenvalue weighted by atomic mass is 16.5. The molecule has 0 atom stereocenters. The molecule has 0 saturated heterocycles. The number of aromatic amines is 1. The van der Waals surface area contributed by atoms with E-state index in [1.807, 2.05) is 6.92 Å². The fourth-order valence-corrected chi connectivity index (χ4v) is 3.14. The molecule has 192 valence electrons. The van der Waals surface area contributed by atoms with Crippen molar-refractivity contribution in [3.8, 4) is 11.5 Å². The summed E-state index contributed by atoms with van der Waals surface area (Å²) in [6.45, 7) is 1.69. The number of rotatable bonds is 14. The van der Waals surface area contributed by atoms with E-state index < -0.39 is 29.7 Å². The summed E-state index contributed by atoms with van der Waals surface area (Å²) in [5.41, 5.74) is 4.44. The Labute approximate surface area is 202 Å². The monoisotopic (exact) mass is 492 g/mol. The molecule has 0 aliphatic rings. The summed E-state index contributed by atoms with van der Waals surface area (Å²) < 4.78 is 21.8. The number of ether oxygens (including phenoxy) is 4. The third-order valence-electron chi connectivity index (χ3n) is 5.03. The van der Waals surface area contributed by atoms with Crippen LogP contribution in [0.5, 0.6) is 11.5 Å². The number of amides is 1. The minimum Gasteiger partial charge on any atom is -0.497 e. The maximum atomic E-state index is 12.9. The number of nitrogens with zero attached hydrogens (tertiary/aromatic N) is 2. The van der Waals surface area contributed by atoms with Crippen molar-refractivity contribution in [1.82, 2.24) is 9.55 Å². The number of methoxy groups -OCH3 is 2. The van der Waals surface area contributed by atoms with Gasteiger partial charge in [-0.3, -0.25) is 28.8 Å². The smallest absolute Gasteiger partial charge is 0.330 e. The number of unbranched alkanes of at least 4 members (excludes halogenated alkanes) is 1. The maximum Gasteiger partial charge on any atom is 0.330 e. The summed E-state index contributed by atoms with van der Waals surface area (Å²) in [5.74, 6) is -0.268. The lowest BCUT2D eigenvalue weighted by Crippen LogP contribution is -2.44. The Balaban J connectivity index is 2.04. The Kier molecular flexibility index (Phi) is 10.8. The van der Waals surface area contributed by atoms with Crippen molar-refractivity contribution in [1.29, 1.82) is 0 Å². The van der Waals surface area contributed by atoms with Crippen molar-refractivity contribution in [2.45, 2.75) is 32.7 Å². The first kappa shape index (κ1) is 27.4. The number of nitrogen functional groups attached to an aromatic ring is 1. The number of nitrogens with one attached hydrogen (secondary N) is 1. The van der Waals surface area contributed by atoms with Gasteiger partial charge in [-0.15, -0.1) is 0 Å². The highest BCUT2D eigenvalue weighted by Crippen LogP contribution is 2.18. The average Bonchev–Trinajstić information content (AvgIpc) is 2.84. The van der Waals surface area contributed by atoms with Crippen LogP contribution < -0.4 is 31.4 Å². The van der Waals surface area contributed by atoms with Crippen LogP contribution in [0.15, 0.2) is 33.9 Å². The van der Waals surface area contributed by atoms with Crippen LogP contribution in [-0.4, -0.2) is 62.0 Å². The Morgan fingerprint density at radius 3 is 2.40 bits per heavy atom. The van der Waals surface area contributed by atoms with E-state index >= 15 is 0 Å². The lowest BCUT2D eigenvalue weighted by molar-refractivity contribution is -0.148. The largest absolute Gasteiger partial charge is 0.497 e. The maximum absolute atomic E-state index is 12.9. The normalized spacial score (nSPS) is 10.6. The standard InChI is InChI=1S/C23H32N4O8/c1-4-5-11-27-21(24)20(22(30)25-23(27)31)26(12-14-32-2)18(28)15-35-19(29)10-13-34-17-8-6-16(33-3)7-9-17/h6-9H,4-5,10-15,24H2,1-3H3,(H,25,30,31). The van der Waals surface area contributed by atoms with E-state index in [1.54, 1.807) is 31.4 Å². The molecule has 0 aliphatic heterocycles. The Bertz CT molecular complexity index is 1090. The number of hydrogen-bond acceptors (Lipinski definition) is 9. The van der Waals surface area contributed by atoms with E-state index in [1.165, 1.54) is 11.7 Å². The molecule has 1 amide bonds. The van der Waals surface area contributed by atoms with Crippen molar-refractivity contribution in [2.24, 2.45) is 0 Å². The molecule has 35 heavy (non-hydrogen) atoms. The first-order valence-electron chi connectivity index (χ1n) is 11.2. The van der Waals surface area contributed by atoms with Crippen LogP contribution in [-0.2, 0) is 25.6 Å². The highest BCUT2D eigenvalue weighted by Gasteiger charge is 2.25. The number of H-pyrrole nitrogens is 1. The molecule has 0 spiro atoms. The second kappa shape index (κ2) is 13.8. The van der Waals surface area contributed by atoms with Crippen molar-refractivity contribution in [3.63, 3.8) is 0 Å².